The van der Waals surface area contributed by atoms with Crippen molar-refractivity contribution in [3.8, 4) is 17.2 Å². The minimum atomic E-state index is 0.194. The summed E-state index contributed by atoms with van der Waals surface area (Å²) in [5.74, 6) is 3.10. The van der Waals surface area contributed by atoms with Crippen molar-refractivity contribution in [1.29, 1.82) is 0 Å². The lowest BCUT2D eigenvalue weighted by atomic mass is 10.1. The van der Waals surface area contributed by atoms with E-state index in [0.717, 1.165) is 42.3 Å². The van der Waals surface area contributed by atoms with Gasteiger partial charge in [-0.3, -0.25) is 0 Å². The molecule has 0 spiro atoms. The minimum absolute atomic E-state index is 0.194. The molecule has 1 aromatic carbocycles. The molecule has 2 rings (SSSR count). The minimum Gasteiger partial charge on any atom is -0.490 e. The number of hydrogen-bond acceptors (Lipinski definition) is 4. The van der Waals surface area contributed by atoms with Crippen molar-refractivity contribution >= 4 is 0 Å². The lowest BCUT2D eigenvalue weighted by Gasteiger charge is -2.17. The summed E-state index contributed by atoms with van der Waals surface area (Å²) in [5.41, 5.74) is 1.12. The highest BCUT2D eigenvalue weighted by Gasteiger charge is 2.19. The summed E-state index contributed by atoms with van der Waals surface area (Å²) in [7, 11) is 0. The van der Waals surface area contributed by atoms with Gasteiger partial charge < -0.3 is 19.5 Å². The molecule has 1 aliphatic rings. The second-order valence-electron chi connectivity index (χ2n) is 5.67. The van der Waals surface area contributed by atoms with Crippen LogP contribution in [0.3, 0.4) is 0 Å². The van der Waals surface area contributed by atoms with Crippen molar-refractivity contribution in [2.24, 2.45) is 5.92 Å². The normalized spacial score (nSPS) is 14.7. The Morgan fingerprint density at radius 2 is 1.90 bits per heavy atom. The summed E-state index contributed by atoms with van der Waals surface area (Å²) in [6.07, 6.45) is 1.17. The predicted octanol–water partition coefficient (Wildman–Crippen LogP) is 3.34. The predicted molar refractivity (Wildman–Crippen MR) is 79.5 cm³/mol. The third-order valence-corrected chi connectivity index (χ3v) is 3.33. The first-order chi connectivity index (χ1) is 9.60. The van der Waals surface area contributed by atoms with Crippen LogP contribution in [0.1, 0.15) is 39.7 Å². The molecule has 0 amide bonds. The Balaban J connectivity index is 2.13. The second-order valence-corrected chi connectivity index (χ2v) is 5.67. The van der Waals surface area contributed by atoms with Gasteiger partial charge in [-0.25, -0.2) is 0 Å². The first-order valence-corrected chi connectivity index (χ1v) is 7.40. The van der Waals surface area contributed by atoms with E-state index < -0.39 is 0 Å². The molecule has 1 atom stereocenters. The van der Waals surface area contributed by atoms with Crippen LogP contribution < -0.4 is 19.5 Å². The Bertz CT molecular complexity index is 446. The van der Waals surface area contributed by atoms with Gasteiger partial charge in [-0.2, -0.15) is 0 Å². The lowest BCUT2D eigenvalue weighted by Crippen LogP contribution is -2.20. The van der Waals surface area contributed by atoms with E-state index in [9.17, 15) is 0 Å². The maximum absolute atomic E-state index is 6.00. The fourth-order valence-electron chi connectivity index (χ4n) is 2.01. The number of nitrogens with one attached hydrogen (secondary N) is 1. The van der Waals surface area contributed by atoms with E-state index >= 15 is 0 Å². The van der Waals surface area contributed by atoms with Crippen LogP contribution in [0, 0.1) is 5.92 Å². The molecule has 1 aliphatic heterocycles. The lowest BCUT2D eigenvalue weighted by molar-refractivity contribution is 0.173. The van der Waals surface area contributed by atoms with Crippen molar-refractivity contribution in [3.05, 3.63) is 17.7 Å². The van der Waals surface area contributed by atoms with Gasteiger partial charge >= 0.3 is 0 Å². The van der Waals surface area contributed by atoms with Crippen molar-refractivity contribution < 1.29 is 14.2 Å². The van der Waals surface area contributed by atoms with Crippen LogP contribution >= 0.6 is 0 Å². The fraction of sp³-hybridized carbons (Fsp3) is 0.625. The molecule has 1 heterocycles. The van der Waals surface area contributed by atoms with E-state index in [1.165, 1.54) is 0 Å². The van der Waals surface area contributed by atoms with Crippen LogP contribution in [-0.4, -0.2) is 19.4 Å². The molecule has 4 nitrogen and oxygen atoms in total. The summed E-state index contributed by atoms with van der Waals surface area (Å²) in [5, 5.41) is 3.45. The molecular formula is C16H25NO3. The quantitative estimate of drug-likeness (QED) is 0.831. The van der Waals surface area contributed by atoms with E-state index in [1.807, 2.05) is 12.1 Å². The van der Waals surface area contributed by atoms with Gasteiger partial charge in [0.2, 0.25) is 6.79 Å². The molecule has 0 radical (unpaired) electrons. The molecule has 0 aromatic heterocycles. The third kappa shape index (κ3) is 3.79. The van der Waals surface area contributed by atoms with E-state index in [4.69, 9.17) is 14.2 Å². The van der Waals surface area contributed by atoms with Gasteiger partial charge in [-0.1, -0.05) is 20.8 Å². The molecule has 0 aliphatic carbocycles. The number of hydrogen-bond donors (Lipinski definition) is 1. The molecule has 1 aromatic rings. The Morgan fingerprint density at radius 1 is 1.20 bits per heavy atom. The van der Waals surface area contributed by atoms with E-state index in [0.29, 0.717) is 12.7 Å². The van der Waals surface area contributed by atoms with Crippen molar-refractivity contribution in [2.45, 2.75) is 46.8 Å². The average molecular weight is 279 g/mol. The monoisotopic (exact) mass is 279 g/mol. The number of rotatable bonds is 7. The zero-order valence-electron chi connectivity index (χ0n) is 12.9. The SMILES string of the molecule is CCC(C)Oc1cc2c(cc1CNCC(C)C)OCO2. The smallest absolute Gasteiger partial charge is 0.231 e. The van der Waals surface area contributed by atoms with E-state index in [1.54, 1.807) is 0 Å². The molecule has 4 heteroatoms. The van der Waals surface area contributed by atoms with Gasteiger partial charge in [-0.15, -0.1) is 0 Å². The molecule has 0 saturated carbocycles. The summed E-state index contributed by atoms with van der Waals surface area (Å²) in [6, 6.07) is 3.97. The standard InChI is InChI=1S/C16H25NO3/c1-5-12(4)20-14-7-16-15(18-10-19-16)6-13(14)9-17-8-11(2)3/h6-7,11-12,17H,5,8-10H2,1-4H3. The van der Waals surface area contributed by atoms with Crippen LogP contribution in [0.5, 0.6) is 17.2 Å². The van der Waals surface area contributed by atoms with Crippen molar-refractivity contribution in [3.63, 3.8) is 0 Å². The van der Waals surface area contributed by atoms with Crippen LogP contribution in [-0.2, 0) is 6.54 Å². The highest BCUT2D eigenvalue weighted by molar-refractivity contribution is 5.51. The number of benzene rings is 1. The van der Waals surface area contributed by atoms with Gasteiger partial charge in [0.1, 0.15) is 5.75 Å². The zero-order chi connectivity index (χ0) is 14.5. The number of ether oxygens (including phenoxy) is 3. The van der Waals surface area contributed by atoms with Gasteiger partial charge in [0.05, 0.1) is 6.10 Å². The van der Waals surface area contributed by atoms with Crippen molar-refractivity contribution in [2.75, 3.05) is 13.3 Å². The van der Waals surface area contributed by atoms with E-state index in [-0.39, 0.29) is 6.10 Å². The highest BCUT2D eigenvalue weighted by Crippen LogP contribution is 2.38. The maximum Gasteiger partial charge on any atom is 0.231 e. The molecule has 1 N–H and O–H groups in total. The topological polar surface area (TPSA) is 39.7 Å². The maximum atomic E-state index is 6.00. The Morgan fingerprint density at radius 3 is 2.55 bits per heavy atom. The third-order valence-electron chi connectivity index (χ3n) is 3.33. The summed E-state index contributed by atoms with van der Waals surface area (Å²) < 4.78 is 16.9. The van der Waals surface area contributed by atoms with Gasteiger partial charge in [0.25, 0.3) is 0 Å². The van der Waals surface area contributed by atoms with Gasteiger partial charge in [0, 0.05) is 18.2 Å². The van der Waals surface area contributed by atoms with Gasteiger partial charge in [0.15, 0.2) is 11.5 Å². The van der Waals surface area contributed by atoms with Crippen molar-refractivity contribution in [1.82, 2.24) is 5.32 Å². The van der Waals surface area contributed by atoms with Crippen LogP contribution in [0.4, 0.5) is 0 Å². The first-order valence-electron chi connectivity index (χ1n) is 7.40. The van der Waals surface area contributed by atoms with Crippen LogP contribution in [0.25, 0.3) is 0 Å². The second kappa shape index (κ2) is 6.84. The summed E-state index contributed by atoms with van der Waals surface area (Å²) >= 11 is 0. The molecule has 0 saturated heterocycles. The van der Waals surface area contributed by atoms with Crippen LogP contribution in [0.2, 0.25) is 0 Å². The Kier molecular flexibility index (Phi) is 5.12. The molecule has 112 valence electrons. The van der Waals surface area contributed by atoms with Crippen LogP contribution in [0.15, 0.2) is 12.1 Å². The first kappa shape index (κ1) is 15.0. The Hall–Kier alpha value is -1.42. The largest absolute Gasteiger partial charge is 0.490 e. The highest BCUT2D eigenvalue weighted by atomic mass is 16.7. The molecule has 1 unspecified atom stereocenters. The molecule has 0 bridgehead atoms. The fourth-order valence-corrected chi connectivity index (χ4v) is 2.01. The zero-order valence-corrected chi connectivity index (χ0v) is 12.9. The molecule has 0 fully saturated rings. The van der Waals surface area contributed by atoms with E-state index in [2.05, 4.69) is 33.0 Å². The number of fused-ring (bicyclic) bond motifs is 1. The molecule has 20 heavy (non-hydrogen) atoms. The molecular weight excluding hydrogens is 254 g/mol. The van der Waals surface area contributed by atoms with Gasteiger partial charge in [-0.05, 0) is 31.9 Å². The average Bonchev–Trinajstić information content (AvgIpc) is 2.85. The Labute approximate surface area is 121 Å². The summed E-state index contributed by atoms with van der Waals surface area (Å²) in [4.78, 5) is 0. The summed E-state index contributed by atoms with van der Waals surface area (Å²) in [6.45, 7) is 10.6.